The number of nitrogens with zero attached hydrogens (tertiary/aromatic N) is 1. The number of thiazole rings is 1. The average molecular weight is 323 g/mol. The van der Waals surface area contributed by atoms with Gasteiger partial charge in [-0.15, -0.1) is 0 Å². The van der Waals surface area contributed by atoms with Gasteiger partial charge in [0.25, 0.3) is 5.91 Å². The molecule has 0 fully saturated rings. The Hall–Kier alpha value is -1.20. The maximum absolute atomic E-state index is 12.1. The van der Waals surface area contributed by atoms with Gasteiger partial charge in [0.05, 0.1) is 9.98 Å². The van der Waals surface area contributed by atoms with Crippen LogP contribution in [0.1, 0.15) is 27.9 Å². The molecule has 0 unspecified atom stereocenters. The van der Waals surface area contributed by atoms with Gasteiger partial charge in [0, 0.05) is 5.56 Å². The third-order valence-electron chi connectivity index (χ3n) is 3.06. The molecule has 1 N–H and O–H groups in total. The van der Waals surface area contributed by atoms with E-state index in [1.807, 2.05) is 12.1 Å². The highest BCUT2D eigenvalue weighted by atomic mass is 79.9. The molecule has 0 bridgehead atoms. The zero-order chi connectivity index (χ0) is 12.5. The average Bonchev–Trinajstić information content (AvgIpc) is 2.96. The SMILES string of the molecule is O=C(Nc1ncc(Br)s1)c1ccc2c(c1)CCC2. The summed E-state index contributed by atoms with van der Waals surface area (Å²) in [5.41, 5.74) is 3.40. The molecular formula is C13H11BrN2OS. The molecule has 0 aliphatic heterocycles. The molecule has 0 spiro atoms. The van der Waals surface area contributed by atoms with Gasteiger partial charge < -0.3 is 0 Å². The maximum Gasteiger partial charge on any atom is 0.257 e. The molecule has 0 saturated carbocycles. The second kappa shape index (κ2) is 4.82. The number of halogens is 1. The van der Waals surface area contributed by atoms with Gasteiger partial charge in [-0.25, -0.2) is 4.98 Å². The fourth-order valence-electron chi connectivity index (χ4n) is 2.19. The number of nitrogens with one attached hydrogen (secondary N) is 1. The van der Waals surface area contributed by atoms with E-state index in [1.165, 1.54) is 28.9 Å². The van der Waals surface area contributed by atoms with E-state index in [9.17, 15) is 4.79 Å². The lowest BCUT2D eigenvalue weighted by atomic mass is 10.1. The van der Waals surface area contributed by atoms with Gasteiger partial charge in [-0.3, -0.25) is 10.1 Å². The Bertz CT molecular complexity index is 609. The summed E-state index contributed by atoms with van der Waals surface area (Å²) in [6.07, 6.45) is 5.10. The van der Waals surface area contributed by atoms with Gasteiger partial charge in [0.1, 0.15) is 0 Å². The first-order valence-corrected chi connectivity index (χ1v) is 7.38. The van der Waals surface area contributed by atoms with Crippen LogP contribution in [-0.4, -0.2) is 10.9 Å². The van der Waals surface area contributed by atoms with Crippen molar-refractivity contribution in [1.82, 2.24) is 4.98 Å². The number of hydrogen-bond acceptors (Lipinski definition) is 3. The van der Waals surface area contributed by atoms with Crippen molar-refractivity contribution in [3.63, 3.8) is 0 Å². The van der Waals surface area contributed by atoms with Crippen LogP contribution in [0, 0.1) is 0 Å². The van der Waals surface area contributed by atoms with Crippen molar-refractivity contribution in [2.24, 2.45) is 0 Å². The Morgan fingerprint density at radius 1 is 1.33 bits per heavy atom. The summed E-state index contributed by atoms with van der Waals surface area (Å²) in [6.45, 7) is 0. The third-order valence-corrected chi connectivity index (χ3v) is 4.45. The second-order valence-electron chi connectivity index (χ2n) is 4.26. The number of carbonyl (C=O) groups excluding carboxylic acids is 1. The molecule has 1 aromatic heterocycles. The Morgan fingerprint density at radius 2 is 2.17 bits per heavy atom. The van der Waals surface area contributed by atoms with Crippen LogP contribution < -0.4 is 5.32 Å². The number of carbonyl (C=O) groups is 1. The lowest BCUT2D eigenvalue weighted by molar-refractivity contribution is 0.102. The lowest BCUT2D eigenvalue weighted by Crippen LogP contribution is -2.11. The van der Waals surface area contributed by atoms with E-state index in [4.69, 9.17) is 0 Å². The predicted molar refractivity (Wildman–Crippen MR) is 76.2 cm³/mol. The fourth-order valence-corrected chi connectivity index (χ4v) is 3.30. The molecule has 3 nitrogen and oxygen atoms in total. The molecule has 0 atom stereocenters. The molecule has 1 heterocycles. The number of rotatable bonds is 2. The first-order valence-electron chi connectivity index (χ1n) is 5.77. The van der Waals surface area contributed by atoms with Crippen molar-refractivity contribution in [3.05, 3.63) is 44.9 Å². The monoisotopic (exact) mass is 322 g/mol. The largest absolute Gasteiger partial charge is 0.298 e. The summed E-state index contributed by atoms with van der Waals surface area (Å²) < 4.78 is 0.909. The summed E-state index contributed by atoms with van der Waals surface area (Å²) in [7, 11) is 0. The van der Waals surface area contributed by atoms with Crippen LogP contribution in [0.15, 0.2) is 28.2 Å². The van der Waals surface area contributed by atoms with E-state index >= 15 is 0 Å². The minimum atomic E-state index is -0.0912. The topological polar surface area (TPSA) is 42.0 Å². The van der Waals surface area contributed by atoms with Crippen LogP contribution in [0.25, 0.3) is 0 Å². The number of aryl methyl sites for hydroxylation is 2. The molecule has 1 aliphatic rings. The highest BCUT2D eigenvalue weighted by Crippen LogP contribution is 2.25. The number of fused-ring (bicyclic) bond motifs is 1. The van der Waals surface area contributed by atoms with E-state index in [-0.39, 0.29) is 5.91 Å². The van der Waals surface area contributed by atoms with E-state index in [1.54, 1.807) is 6.20 Å². The Morgan fingerprint density at radius 3 is 2.94 bits per heavy atom. The molecule has 5 heteroatoms. The smallest absolute Gasteiger partial charge is 0.257 e. The fraction of sp³-hybridized carbons (Fsp3) is 0.231. The summed E-state index contributed by atoms with van der Waals surface area (Å²) in [6, 6.07) is 5.96. The van der Waals surface area contributed by atoms with Crippen LogP contribution >= 0.6 is 27.3 Å². The van der Waals surface area contributed by atoms with E-state index < -0.39 is 0 Å². The summed E-state index contributed by atoms with van der Waals surface area (Å²) in [5.74, 6) is -0.0912. The van der Waals surface area contributed by atoms with Crippen molar-refractivity contribution in [3.8, 4) is 0 Å². The number of anilines is 1. The van der Waals surface area contributed by atoms with E-state index in [0.29, 0.717) is 10.7 Å². The number of benzene rings is 1. The van der Waals surface area contributed by atoms with E-state index in [2.05, 4.69) is 32.3 Å². The van der Waals surface area contributed by atoms with Crippen molar-refractivity contribution in [2.45, 2.75) is 19.3 Å². The van der Waals surface area contributed by atoms with Gasteiger partial charge in [0.15, 0.2) is 5.13 Å². The molecule has 18 heavy (non-hydrogen) atoms. The van der Waals surface area contributed by atoms with Crippen LogP contribution in [0.5, 0.6) is 0 Å². The van der Waals surface area contributed by atoms with Gasteiger partial charge >= 0.3 is 0 Å². The highest BCUT2D eigenvalue weighted by molar-refractivity contribution is 9.11. The molecule has 3 rings (SSSR count). The number of aromatic nitrogens is 1. The maximum atomic E-state index is 12.1. The van der Waals surface area contributed by atoms with Gasteiger partial charge in [-0.1, -0.05) is 17.4 Å². The van der Waals surface area contributed by atoms with Crippen LogP contribution in [0.4, 0.5) is 5.13 Å². The summed E-state index contributed by atoms with van der Waals surface area (Å²) in [4.78, 5) is 16.2. The van der Waals surface area contributed by atoms with Crippen LogP contribution in [0.3, 0.4) is 0 Å². The summed E-state index contributed by atoms with van der Waals surface area (Å²) >= 11 is 4.73. The first kappa shape index (κ1) is 11.9. The van der Waals surface area contributed by atoms with Crippen molar-refractivity contribution in [1.29, 1.82) is 0 Å². The molecule has 0 radical (unpaired) electrons. The third kappa shape index (κ3) is 2.33. The van der Waals surface area contributed by atoms with Crippen molar-refractivity contribution < 1.29 is 4.79 Å². The highest BCUT2D eigenvalue weighted by Gasteiger charge is 2.14. The molecule has 0 saturated heterocycles. The normalized spacial score (nSPS) is 13.4. The van der Waals surface area contributed by atoms with Gasteiger partial charge in [0.2, 0.25) is 0 Å². The standard InChI is InChI=1S/C13H11BrN2OS/c14-11-7-15-13(18-11)16-12(17)10-5-4-8-2-1-3-9(8)6-10/h4-7H,1-3H2,(H,15,16,17). The van der Waals surface area contributed by atoms with Crippen molar-refractivity contribution >= 4 is 38.3 Å². The quantitative estimate of drug-likeness (QED) is 0.917. The summed E-state index contributed by atoms with van der Waals surface area (Å²) in [5, 5.41) is 3.43. The molecule has 1 aliphatic carbocycles. The minimum absolute atomic E-state index is 0.0912. The van der Waals surface area contributed by atoms with Crippen LogP contribution in [-0.2, 0) is 12.8 Å². The van der Waals surface area contributed by atoms with Gasteiger partial charge in [-0.2, -0.15) is 0 Å². The first-order chi connectivity index (χ1) is 8.72. The number of amides is 1. The molecule has 2 aromatic rings. The molecule has 1 aromatic carbocycles. The van der Waals surface area contributed by atoms with Gasteiger partial charge in [-0.05, 0) is 58.5 Å². The molecule has 92 valence electrons. The van der Waals surface area contributed by atoms with Crippen molar-refractivity contribution in [2.75, 3.05) is 5.32 Å². The predicted octanol–water partition coefficient (Wildman–Crippen LogP) is 3.65. The Balaban J connectivity index is 1.80. The Kier molecular flexibility index (Phi) is 3.18. The van der Waals surface area contributed by atoms with E-state index in [0.717, 1.165) is 16.6 Å². The Labute approximate surface area is 117 Å². The zero-order valence-electron chi connectivity index (χ0n) is 9.57. The second-order valence-corrected chi connectivity index (χ2v) is 6.67. The lowest BCUT2D eigenvalue weighted by Gasteiger charge is -2.04. The molecule has 1 amide bonds. The molecular weight excluding hydrogens is 312 g/mol. The zero-order valence-corrected chi connectivity index (χ0v) is 12.0. The number of hydrogen-bond donors (Lipinski definition) is 1. The minimum Gasteiger partial charge on any atom is -0.298 e. The van der Waals surface area contributed by atoms with Crippen LogP contribution in [0.2, 0.25) is 0 Å².